The highest BCUT2D eigenvalue weighted by molar-refractivity contribution is 6.32. The van der Waals surface area contributed by atoms with E-state index < -0.39 is 11.9 Å². The monoisotopic (exact) mass is 539 g/mol. The summed E-state index contributed by atoms with van der Waals surface area (Å²) in [6.07, 6.45) is 0.665. The van der Waals surface area contributed by atoms with Gasteiger partial charge in [-0.15, -0.1) is 0 Å². The number of methoxy groups -OCH3 is 1. The molecule has 1 aliphatic rings. The molecule has 0 radical (unpaired) electrons. The van der Waals surface area contributed by atoms with Crippen LogP contribution in [0.5, 0.6) is 5.75 Å². The summed E-state index contributed by atoms with van der Waals surface area (Å²) >= 11 is 6.21. The summed E-state index contributed by atoms with van der Waals surface area (Å²) in [7, 11) is 1.53. The van der Waals surface area contributed by atoms with Crippen molar-refractivity contribution in [2.75, 3.05) is 43.6 Å². The molecule has 2 aromatic heterocycles. The predicted octanol–water partition coefficient (Wildman–Crippen LogP) is 3.58. The molecule has 2 atom stereocenters. The number of halogens is 1. The average molecular weight is 540 g/mol. The first-order chi connectivity index (χ1) is 18.1. The second-order valence-corrected chi connectivity index (χ2v) is 9.98. The van der Waals surface area contributed by atoms with Crippen LogP contribution in [-0.2, 0) is 4.74 Å². The number of morpholine rings is 1. The van der Waals surface area contributed by atoms with Gasteiger partial charge in [0.05, 0.1) is 48.1 Å². The molecule has 0 amide bonds. The van der Waals surface area contributed by atoms with Crippen molar-refractivity contribution < 1.29 is 19.7 Å². The number of pyridine rings is 1. The number of aromatic nitrogens is 3. The number of benzene rings is 2. The van der Waals surface area contributed by atoms with Crippen LogP contribution >= 0.6 is 11.6 Å². The molecule has 5 rings (SSSR count). The lowest BCUT2D eigenvalue weighted by Crippen LogP contribution is -2.50. The summed E-state index contributed by atoms with van der Waals surface area (Å²) in [5.74, 6) is -0.296. The Morgan fingerprint density at radius 1 is 1.32 bits per heavy atom. The second kappa shape index (κ2) is 10.3. The molecule has 1 aliphatic heterocycles. The first-order valence-electron chi connectivity index (χ1n) is 12.2. The maximum atomic E-state index is 12.9. The number of hydrogen-bond acceptors (Lipinski definition) is 8. The fraction of sp³-hybridized carbons (Fsp3) is 0.333. The first kappa shape index (κ1) is 26.1. The van der Waals surface area contributed by atoms with Gasteiger partial charge in [0.2, 0.25) is 0 Å². The van der Waals surface area contributed by atoms with Crippen molar-refractivity contribution in [2.45, 2.75) is 25.7 Å². The Bertz CT molecular complexity index is 1530. The predicted molar refractivity (Wildman–Crippen MR) is 147 cm³/mol. The van der Waals surface area contributed by atoms with E-state index in [0.29, 0.717) is 53.1 Å². The topological polar surface area (TPSA) is 136 Å². The summed E-state index contributed by atoms with van der Waals surface area (Å²) in [5, 5.41) is 24.7. The van der Waals surface area contributed by atoms with Crippen LogP contribution in [0.1, 0.15) is 24.2 Å². The molecule has 0 aliphatic carbocycles. The number of rotatable bonds is 7. The third-order valence-corrected chi connectivity index (χ3v) is 6.93. The Balaban J connectivity index is 1.43. The minimum Gasteiger partial charge on any atom is -0.495 e. The molecule has 38 heavy (non-hydrogen) atoms. The van der Waals surface area contributed by atoms with E-state index in [1.165, 1.54) is 7.11 Å². The van der Waals surface area contributed by atoms with Gasteiger partial charge in [-0.25, -0.2) is 4.98 Å². The number of nitrogens with zero attached hydrogens (tertiary/aromatic N) is 2. The maximum Gasteiger partial charge on any atom is 0.261 e. The van der Waals surface area contributed by atoms with Crippen LogP contribution in [0.15, 0.2) is 47.4 Å². The summed E-state index contributed by atoms with van der Waals surface area (Å²) in [5.41, 5.74) is 4.51. The van der Waals surface area contributed by atoms with E-state index >= 15 is 0 Å². The Hall–Kier alpha value is -3.57. The van der Waals surface area contributed by atoms with Crippen molar-refractivity contribution in [1.29, 1.82) is 0 Å². The average Bonchev–Trinajstić information content (AvgIpc) is 3.31. The van der Waals surface area contributed by atoms with Gasteiger partial charge >= 0.3 is 0 Å². The van der Waals surface area contributed by atoms with E-state index in [4.69, 9.17) is 26.1 Å². The van der Waals surface area contributed by atoms with Gasteiger partial charge in [-0.1, -0.05) is 17.7 Å². The molecule has 0 bridgehead atoms. The number of ether oxygens (including phenoxy) is 2. The van der Waals surface area contributed by atoms with Gasteiger partial charge in [-0.05, 0) is 55.3 Å². The highest BCUT2D eigenvalue weighted by Crippen LogP contribution is 2.32. The lowest BCUT2D eigenvalue weighted by molar-refractivity contribution is -0.193. The smallest absolute Gasteiger partial charge is 0.261 e. The van der Waals surface area contributed by atoms with Crippen molar-refractivity contribution in [3.05, 3.63) is 69.1 Å². The third kappa shape index (κ3) is 5.21. The lowest BCUT2D eigenvalue weighted by Gasteiger charge is -2.38. The van der Waals surface area contributed by atoms with Gasteiger partial charge in [0.1, 0.15) is 17.1 Å². The van der Waals surface area contributed by atoms with Gasteiger partial charge in [-0.3, -0.25) is 4.79 Å². The third-order valence-electron chi connectivity index (χ3n) is 6.63. The molecule has 0 spiro atoms. The largest absolute Gasteiger partial charge is 0.495 e. The summed E-state index contributed by atoms with van der Waals surface area (Å²) in [6, 6.07) is 10.8. The molecule has 0 saturated carbocycles. The minimum absolute atomic E-state index is 0.138. The summed E-state index contributed by atoms with van der Waals surface area (Å²) in [4.78, 5) is 25.7. The van der Waals surface area contributed by atoms with Crippen molar-refractivity contribution in [1.82, 2.24) is 15.0 Å². The number of nitrogens with one attached hydrogen (secondary N) is 3. The second-order valence-electron chi connectivity index (χ2n) is 9.58. The van der Waals surface area contributed by atoms with Crippen LogP contribution in [0, 0.1) is 6.92 Å². The van der Waals surface area contributed by atoms with Crippen LogP contribution in [0.3, 0.4) is 0 Å². The Morgan fingerprint density at radius 2 is 2.13 bits per heavy atom. The molecule has 1 fully saturated rings. The van der Waals surface area contributed by atoms with Crippen molar-refractivity contribution in [3.8, 4) is 17.1 Å². The number of fused-ring (bicyclic) bond motifs is 1. The molecule has 3 heterocycles. The maximum absolute atomic E-state index is 12.9. The summed E-state index contributed by atoms with van der Waals surface area (Å²) in [6.45, 7) is 5.15. The molecular weight excluding hydrogens is 510 g/mol. The number of hydrogen-bond donors (Lipinski definition) is 5. The number of aryl methyl sites for hydroxylation is 1. The molecule has 1 saturated heterocycles. The van der Waals surface area contributed by atoms with E-state index in [9.17, 15) is 15.0 Å². The lowest BCUT2D eigenvalue weighted by atomic mass is 10.1. The van der Waals surface area contributed by atoms with Crippen LogP contribution in [0.4, 0.5) is 11.4 Å². The Kier molecular flexibility index (Phi) is 7.06. The molecule has 200 valence electrons. The molecule has 2 unspecified atom stereocenters. The van der Waals surface area contributed by atoms with Crippen LogP contribution in [0.25, 0.3) is 22.4 Å². The summed E-state index contributed by atoms with van der Waals surface area (Å²) < 4.78 is 10.6. The quantitative estimate of drug-likeness (QED) is 0.240. The number of H-pyrrole nitrogens is 2. The standard InChI is InChI=1S/C27H30ClN5O5/c1-15-10-17(33-8-9-38-27(2,36)14-33)12-20-24(15)32-25(31-20)23-19(6-7-29-26(23)35)30-13-21(34)16-4-5-22(37-3)18(28)11-16/h4-7,10-12,21,34,36H,8-9,13-14H2,1-3H3,(H,31,32)(H2,29,30,35). The van der Waals surface area contributed by atoms with Gasteiger partial charge in [0.25, 0.3) is 5.56 Å². The van der Waals surface area contributed by atoms with Gasteiger partial charge in [0, 0.05) is 25.0 Å². The number of anilines is 2. The van der Waals surface area contributed by atoms with E-state index in [0.717, 1.165) is 22.3 Å². The van der Waals surface area contributed by atoms with E-state index in [1.54, 1.807) is 37.4 Å². The molecular formula is C27H30ClN5O5. The SMILES string of the molecule is COc1ccc(C(O)CNc2cc[nH]c(=O)c2-c2nc3c(C)cc(N4CCOC(C)(O)C4)cc3[nH]2)cc1Cl. The van der Waals surface area contributed by atoms with Gasteiger partial charge in [-0.2, -0.15) is 0 Å². The van der Waals surface area contributed by atoms with Crippen LogP contribution in [-0.4, -0.2) is 64.3 Å². The van der Waals surface area contributed by atoms with E-state index in [-0.39, 0.29) is 12.1 Å². The molecule has 4 aromatic rings. The fourth-order valence-electron chi connectivity index (χ4n) is 4.72. The molecule has 10 nitrogen and oxygen atoms in total. The normalized spacial score (nSPS) is 18.5. The highest BCUT2D eigenvalue weighted by atomic mass is 35.5. The first-order valence-corrected chi connectivity index (χ1v) is 12.6. The zero-order valence-corrected chi connectivity index (χ0v) is 22.1. The number of aliphatic hydroxyl groups is 2. The zero-order chi connectivity index (χ0) is 27.0. The number of β-amino-alcohol motifs (C(OH)–C–C–N with tert-alkyl or cyclic N) is 1. The van der Waals surface area contributed by atoms with Crippen LogP contribution in [0.2, 0.25) is 5.02 Å². The Morgan fingerprint density at radius 3 is 2.87 bits per heavy atom. The van der Waals surface area contributed by atoms with E-state index in [2.05, 4.69) is 20.2 Å². The molecule has 2 aromatic carbocycles. The number of aromatic amines is 2. The van der Waals surface area contributed by atoms with Crippen LogP contribution < -0.4 is 20.5 Å². The van der Waals surface area contributed by atoms with Crippen molar-refractivity contribution in [3.63, 3.8) is 0 Å². The van der Waals surface area contributed by atoms with Crippen molar-refractivity contribution in [2.24, 2.45) is 0 Å². The van der Waals surface area contributed by atoms with E-state index in [1.807, 2.05) is 19.1 Å². The van der Waals surface area contributed by atoms with Crippen molar-refractivity contribution >= 4 is 34.0 Å². The fourth-order valence-corrected chi connectivity index (χ4v) is 4.99. The minimum atomic E-state index is -1.22. The molecule has 5 N–H and O–H groups in total. The van der Waals surface area contributed by atoms with Gasteiger partial charge < -0.3 is 39.9 Å². The highest BCUT2D eigenvalue weighted by Gasteiger charge is 2.30. The molecule has 11 heteroatoms. The zero-order valence-electron chi connectivity index (χ0n) is 21.3. The Labute approximate surface area is 224 Å². The number of imidazole rings is 1. The van der Waals surface area contributed by atoms with Gasteiger partial charge in [0.15, 0.2) is 5.79 Å². The number of aliphatic hydroxyl groups excluding tert-OH is 1.